The van der Waals surface area contributed by atoms with Gasteiger partial charge in [0.25, 0.3) is 0 Å². The topological polar surface area (TPSA) is 98.5 Å². The maximum absolute atomic E-state index is 9.64. The number of aromatic hydroxyl groups is 3. The van der Waals surface area contributed by atoms with Crippen LogP contribution in [-0.4, -0.2) is 25.3 Å². The largest absolute Gasteiger partial charge is 0.504 e. The van der Waals surface area contributed by atoms with Crippen molar-refractivity contribution in [1.29, 1.82) is 0 Å². The summed E-state index contributed by atoms with van der Waals surface area (Å²) in [6.07, 6.45) is 1.68. The van der Waals surface area contributed by atoms with E-state index in [1.54, 1.807) is 18.3 Å². The summed E-state index contributed by atoms with van der Waals surface area (Å²) in [5.41, 5.74) is 1.34. The van der Waals surface area contributed by atoms with Crippen LogP contribution in [0.4, 0.5) is 0 Å². The minimum Gasteiger partial charge on any atom is -0.504 e. The lowest BCUT2D eigenvalue weighted by atomic mass is 10.1. The van der Waals surface area contributed by atoms with Crippen molar-refractivity contribution in [3.05, 3.63) is 41.5 Å². The molecule has 0 atom stereocenters. The van der Waals surface area contributed by atoms with Gasteiger partial charge in [0.1, 0.15) is 5.82 Å². The third-order valence-corrected chi connectivity index (χ3v) is 2.67. The van der Waals surface area contributed by atoms with E-state index in [1.807, 2.05) is 6.92 Å². The predicted molar refractivity (Wildman–Crippen MR) is 68.7 cm³/mol. The van der Waals surface area contributed by atoms with Crippen molar-refractivity contribution >= 4 is 0 Å². The number of phenolic OH excluding ortho intramolecular Hbond substituents is 3. The number of hydrogen-bond acceptors (Lipinski definition) is 6. The van der Waals surface area contributed by atoms with Crippen molar-refractivity contribution in [3.8, 4) is 17.2 Å². The first-order valence-electron chi connectivity index (χ1n) is 5.80. The van der Waals surface area contributed by atoms with Crippen LogP contribution >= 0.6 is 0 Å². The quantitative estimate of drug-likeness (QED) is 0.617. The SMILES string of the molecule is Cc1nccc(CNCc2ccc(O)c(O)c2O)n1. The third kappa shape index (κ3) is 3.11. The number of aryl methyl sites for hydroxylation is 1. The Hall–Kier alpha value is -2.34. The van der Waals surface area contributed by atoms with Crippen molar-refractivity contribution in [2.24, 2.45) is 0 Å². The van der Waals surface area contributed by atoms with Crippen LogP contribution in [0.3, 0.4) is 0 Å². The second kappa shape index (κ2) is 5.53. The monoisotopic (exact) mass is 261 g/mol. The Kier molecular flexibility index (Phi) is 3.82. The van der Waals surface area contributed by atoms with E-state index in [0.29, 0.717) is 24.5 Å². The van der Waals surface area contributed by atoms with Gasteiger partial charge in [-0.3, -0.25) is 0 Å². The average molecular weight is 261 g/mol. The molecular formula is C13H15N3O3. The Morgan fingerprint density at radius 1 is 1.05 bits per heavy atom. The third-order valence-electron chi connectivity index (χ3n) is 2.67. The number of rotatable bonds is 4. The molecule has 0 unspecified atom stereocenters. The highest BCUT2D eigenvalue weighted by atomic mass is 16.3. The van der Waals surface area contributed by atoms with E-state index in [9.17, 15) is 15.3 Å². The molecule has 0 saturated heterocycles. The van der Waals surface area contributed by atoms with E-state index < -0.39 is 5.75 Å². The average Bonchev–Trinajstić information content (AvgIpc) is 2.39. The van der Waals surface area contributed by atoms with E-state index in [1.165, 1.54) is 6.07 Å². The van der Waals surface area contributed by atoms with Crippen molar-refractivity contribution in [1.82, 2.24) is 15.3 Å². The number of aromatic nitrogens is 2. The molecule has 1 heterocycles. The molecule has 1 aromatic heterocycles. The summed E-state index contributed by atoms with van der Waals surface area (Å²) in [7, 11) is 0. The van der Waals surface area contributed by atoms with Crippen molar-refractivity contribution in [2.75, 3.05) is 0 Å². The maximum Gasteiger partial charge on any atom is 0.200 e. The summed E-state index contributed by atoms with van der Waals surface area (Å²) in [4.78, 5) is 8.23. The van der Waals surface area contributed by atoms with Crippen LogP contribution in [0.15, 0.2) is 24.4 Å². The molecule has 0 radical (unpaired) electrons. The molecule has 0 aliphatic heterocycles. The van der Waals surface area contributed by atoms with E-state index >= 15 is 0 Å². The highest BCUT2D eigenvalue weighted by Gasteiger charge is 2.10. The molecule has 0 amide bonds. The smallest absolute Gasteiger partial charge is 0.200 e. The molecule has 1 aromatic carbocycles. The van der Waals surface area contributed by atoms with Gasteiger partial charge >= 0.3 is 0 Å². The molecule has 6 nitrogen and oxygen atoms in total. The van der Waals surface area contributed by atoms with Gasteiger partial charge in [-0.05, 0) is 19.1 Å². The molecule has 0 fully saturated rings. The molecule has 0 aliphatic rings. The first-order valence-corrected chi connectivity index (χ1v) is 5.80. The van der Waals surface area contributed by atoms with Gasteiger partial charge in [-0.15, -0.1) is 0 Å². The summed E-state index contributed by atoms with van der Waals surface area (Å²) in [6.45, 7) is 2.68. The zero-order valence-electron chi connectivity index (χ0n) is 10.5. The number of phenols is 3. The molecular weight excluding hydrogens is 246 g/mol. The maximum atomic E-state index is 9.64. The molecule has 100 valence electrons. The lowest BCUT2D eigenvalue weighted by Gasteiger charge is -2.09. The van der Waals surface area contributed by atoms with Gasteiger partial charge in [-0.25, -0.2) is 9.97 Å². The van der Waals surface area contributed by atoms with Gasteiger partial charge in [0, 0.05) is 24.8 Å². The zero-order chi connectivity index (χ0) is 13.8. The molecule has 0 bridgehead atoms. The molecule has 19 heavy (non-hydrogen) atoms. The molecule has 0 spiro atoms. The van der Waals surface area contributed by atoms with Crippen LogP contribution in [0, 0.1) is 6.92 Å². The summed E-state index contributed by atoms with van der Waals surface area (Å²) < 4.78 is 0. The summed E-state index contributed by atoms with van der Waals surface area (Å²) in [5.74, 6) is -0.458. The van der Waals surface area contributed by atoms with E-state index in [-0.39, 0.29) is 11.5 Å². The molecule has 2 aromatic rings. The standard InChI is InChI=1S/C13H15N3O3/c1-8-15-5-4-10(16-8)7-14-6-9-2-3-11(17)13(19)12(9)18/h2-5,14,17-19H,6-7H2,1H3. The van der Waals surface area contributed by atoms with Crippen LogP contribution in [-0.2, 0) is 13.1 Å². The van der Waals surface area contributed by atoms with Crippen molar-refractivity contribution in [2.45, 2.75) is 20.0 Å². The first-order chi connectivity index (χ1) is 9.08. The zero-order valence-corrected chi connectivity index (χ0v) is 10.5. The Morgan fingerprint density at radius 2 is 1.84 bits per heavy atom. The predicted octanol–water partition coefficient (Wildman–Crippen LogP) is 1.19. The Balaban J connectivity index is 1.98. The number of hydrogen-bond donors (Lipinski definition) is 4. The van der Waals surface area contributed by atoms with Crippen LogP contribution in [0.25, 0.3) is 0 Å². The number of nitrogens with zero attached hydrogens (tertiary/aromatic N) is 2. The highest BCUT2D eigenvalue weighted by Crippen LogP contribution is 2.36. The lowest BCUT2D eigenvalue weighted by molar-refractivity contribution is 0.364. The van der Waals surface area contributed by atoms with Gasteiger partial charge < -0.3 is 20.6 Å². The van der Waals surface area contributed by atoms with Gasteiger partial charge in [0.2, 0.25) is 5.75 Å². The van der Waals surface area contributed by atoms with E-state index in [0.717, 1.165) is 5.69 Å². The fourth-order valence-corrected chi connectivity index (χ4v) is 1.68. The summed E-state index contributed by atoms with van der Waals surface area (Å²) >= 11 is 0. The lowest BCUT2D eigenvalue weighted by Crippen LogP contribution is -2.14. The minimum absolute atomic E-state index is 0.314. The number of nitrogens with one attached hydrogen (secondary N) is 1. The van der Waals surface area contributed by atoms with Crippen LogP contribution in [0.5, 0.6) is 17.2 Å². The second-order valence-electron chi connectivity index (χ2n) is 4.14. The van der Waals surface area contributed by atoms with Crippen LogP contribution in [0.2, 0.25) is 0 Å². The van der Waals surface area contributed by atoms with E-state index in [2.05, 4.69) is 15.3 Å². The van der Waals surface area contributed by atoms with Gasteiger partial charge in [-0.2, -0.15) is 0 Å². The number of benzene rings is 1. The molecule has 4 N–H and O–H groups in total. The summed E-state index contributed by atoms with van der Waals surface area (Å²) in [6, 6.07) is 4.68. The second-order valence-corrected chi connectivity index (χ2v) is 4.14. The first kappa shape index (κ1) is 13.1. The van der Waals surface area contributed by atoms with Gasteiger partial charge in [-0.1, -0.05) is 6.07 Å². The Labute approximate surface area is 110 Å². The normalized spacial score (nSPS) is 10.6. The minimum atomic E-state index is -0.503. The van der Waals surface area contributed by atoms with E-state index in [4.69, 9.17) is 0 Å². The summed E-state index contributed by atoms with van der Waals surface area (Å²) in [5, 5.41) is 31.3. The van der Waals surface area contributed by atoms with Gasteiger partial charge in [0.15, 0.2) is 11.5 Å². The van der Waals surface area contributed by atoms with Crippen molar-refractivity contribution in [3.63, 3.8) is 0 Å². The molecule has 2 rings (SSSR count). The van der Waals surface area contributed by atoms with Crippen LogP contribution in [0.1, 0.15) is 17.1 Å². The Morgan fingerprint density at radius 3 is 2.58 bits per heavy atom. The fourth-order valence-electron chi connectivity index (χ4n) is 1.68. The Bertz CT molecular complexity index is 587. The highest BCUT2D eigenvalue weighted by molar-refractivity contribution is 5.52. The molecule has 0 aliphatic carbocycles. The van der Waals surface area contributed by atoms with Crippen LogP contribution < -0.4 is 5.32 Å². The molecule has 0 saturated carbocycles. The molecule has 6 heteroatoms. The van der Waals surface area contributed by atoms with Gasteiger partial charge in [0.05, 0.1) is 5.69 Å². The van der Waals surface area contributed by atoms with Crippen molar-refractivity contribution < 1.29 is 15.3 Å². The fraction of sp³-hybridized carbons (Fsp3) is 0.231.